The highest BCUT2D eigenvalue weighted by atomic mass is 35.5. The third-order valence-electron chi connectivity index (χ3n) is 2.81. The SMILES string of the molecule is COc1ccc(-c2cc(C)nc(Cl)n2)c(OC)c1OC. The lowest BCUT2D eigenvalue weighted by Gasteiger charge is -2.15. The van der Waals surface area contributed by atoms with E-state index in [2.05, 4.69) is 9.97 Å². The van der Waals surface area contributed by atoms with Gasteiger partial charge in [-0.05, 0) is 36.7 Å². The molecule has 0 fully saturated rings. The summed E-state index contributed by atoms with van der Waals surface area (Å²) in [6.07, 6.45) is 0. The number of rotatable bonds is 4. The highest BCUT2D eigenvalue weighted by Gasteiger charge is 2.18. The van der Waals surface area contributed by atoms with Crippen LogP contribution in [0, 0.1) is 6.92 Å². The Morgan fingerprint density at radius 2 is 1.65 bits per heavy atom. The zero-order valence-electron chi connectivity index (χ0n) is 11.7. The molecule has 0 N–H and O–H groups in total. The number of aryl methyl sites for hydroxylation is 1. The molecule has 0 aliphatic carbocycles. The molecule has 6 heteroatoms. The molecule has 0 radical (unpaired) electrons. The van der Waals surface area contributed by atoms with Crippen molar-refractivity contribution in [1.82, 2.24) is 9.97 Å². The monoisotopic (exact) mass is 294 g/mol. The van der Waals surface area contributed by atoms with Crippen molar-refractivity contribution < 1.29 is 14.2 Å². The van der Waals surface area contributed by atoms with Crippen molar-refractivity contribution in [3.8, 4) is 28.5 Å². The van der Waals surface area contributed by atoms with E-state index >= 15 is 0 Å². The second-order valence-corrected chi connectivity index (χ2v) is 4.38. The Labute approximate surface area is 122 Å². The van der Waals surface area contributed by atoms with Gasteiger partial charge in [0.2, 0.25) is 11.0 Å². The van der Waals surface area contributed by atoms with Gasteiger partial charge in [0, 0.05) is 11.3 Å². The van der Waals surface area contributed by atoms with Gasteiger partial charge < -0.3 is 14.2 Å². The fraction of sp³-hybridized carbons (Fsp3) is 0.286. The summed E-state index contributed by atoms with van der Waals surface area (Å²) in [4.78, 5) is 8.27. The normalized spacial score (nSPS) is 10.2. The Bertz CT molecular complexity index is 612. The summed E-state index contributed by atoms with van der Waals surface area (Å²) in [5, 5.41) is 0.192. The van der Waals surface area contributed by atoms with Gasteiger partial charge >= 0.3 is 0 Å². The number of benzene rings is 1. The van der Waals surface area contributed by atoms with Gasteiger partial charge in [0.15, 0.2) is 11.5 Å². The first-order chi connectivity index (χ1) is 9.60. The van der Waals surface area contributed by atoms with Crippen LogP contribution < -0.4 is 14.2 Å². The van der Waals surface area contributed by atoms with Gasteiger partial charge in [0.25, 0.3) is 0 Å². The minimum atomic E-state index is 0.192. The van der Waals surface area contributed by atoms with E-state index in [1.54, 1.807) is 27.4 Å². The van der Waals surface area contributed by atoms with Crippen LogP contribution in [0.1, 0.15) is 5.69 Å². The van der Waals surface area contributed by atoms with Gasteiger partial charge in [-0.1, -0.05) is 0 Å². The van der Waals surface area contributed by atoms with E-state index in [-0.39, 0.29) is 5.28 Å². The van der Waals surface area contributed by atoms with Crippen LogP contribution in [0.2, 0.25) is 5.28 Å². The van der Waals surface area contributed by atoms with E-state index in [9.17, 15) is 0 Å². The van der Waals surface area contributed by atoms with Gasteiger partial charge in [-0.3, -0.25) is 0 Å². The van der Waals surface area contributed by atoms with Crippen LogP contribution in [-0.2, 0) is 0 Å². The number of hydrogen-bond donors (Lipinski definition) is 0. The lowest BCUT2D eigenvalue weighted by Crippen LogP contribution is -1.98. The van der Waals surface area contributed by atoms with E-state index in [0.29, 0.717) is 22.9 Å². The maximum Gasteiger partial charge on any atom is 0.223 e. The molecule has 0 atom stereocenters. The van der Waals surface area contributed by atoms with E-state index in [4.69, 9.17) is 25.8 Å². The first-order valence-corrected chi connectivity index (χ1v) is 6.29. The van der Waals surface area contributed by atoms with Crippen molar-refractivity contribution in [3.05, 3.63) is 29.2 Å². The molecule has 0 unspecified atom stereocenters. The number of halogens is 1. The first-order valence-electron chi connectivity index (χ1n) is 5.91. The van der Waals surface area contributed by atoms with E-state index < -0.39 is 0 Å². The average molecular weight is 295 g/mol. The molecule has 5 nitrogen and oxygen atoms in total. The maximum absolute atomic E-state index is 5.91. The topological polar surface area (TPSA) is 53.5 Å². The Balaban J connectivity index is 2.67. The second-order valence-electron chi connectivity index (χ2n) is 4.05. The third kappa shape index (κ3) is 2.63. The van der Waals surface area contributed by atoms with Gasteiger partial charge in [0.1, 0.15) is 0 Å². The van der Waals surface area contributed by atoms with Crippen LogP contribution in [0.5, 0.6) is 17.2 Å². The molecule has 1 aromatic heterocycles. The van der Waals surface area contributed by atoms with Crippen LogP contribution in [0.25, 0.3) is 11.3 Å². The molecule has 1 heterocycles. The molecular formula is C14H15ClN2O3. The maximum atomic E-state index is 5.91. The minimum absolute atomic E-state index is 0.192. The summed E-state index contributed by atoms with van der Waals surface area (Å²) in [6, 6.07) is 5.47. The quantitative estimate of drug-likeness (QED) is 0.811. The number of aromatic nitrogens is 2. The third-order valence-corrected chi connectivity index (χ3v) is 2.98. The summed E-state index contributed by atoms with van der Waals surface area (Å²) in [6.45, 7) is 1.85. The van der Waals surface area contributed by atoms with Crippen LogP contribution in [0.15, 0.2) is 18.2 Å². The van der Waals surface area contributed by atoms with Crippen LogP contribution in [0.4, 0.5) is 0 Å². The van der Waals surface area contributed by atoms with Crippen LogP contribution in [-0.4, -0.2) is 31.3 Å². The molecular weight excluding hydrogens is 280 g/mol. The molecule has 0 aliphatic rings. The minimum Gasteiger partial charge on any atom is -0.493 e. The predicted molar refractivity (Wildman–Crippen MR) is 76.9 cm³/mol. The van der Waals surface area contributed by atoms with E-state index in [1.165, 1.54) is 0 Å². The Kier molecular flexibility index (Phi) is 4.29. The van der Waals surface area contributed by atoms with Gasteiger partial charge in [0.05, 0.1) is 27.0 Å². The van der Waals surface area contributed by atoms with Crippen LogP contribution >= 0.6 is 11.6 Å². The van der Waals surface area contributed by atoms with Gasteiger partial charge in [-0.2, -0.15) is 0 Å². The smallest absolute Gasteiger partial charge is 0.223 e. The summed E-state index contributed by atoms with van der Waals surface area (Å²) < 4.78 is 16.0. The summed E-state index contributed by atoms with van der Waals surface area (Å²) in [5.74, 6) is 1.64. The summed E-state index contributed by atoms with van der Waals surface area (Å²) in [7, 11) is 4.70. The molecule has 0 saturated heterocycles. The fourth-order valence-electron chi connectivity index (χ4n) is 1.97. The average Bonchev–Trinajstić information content (AvgIpc) is 2.44. The molecule has 0 spiro atoms. The highest BCUT2D eigenvalue weighted by Crippen LogP contribution is 2.43. The molecule has 106 valence electrons. The zero-order chi connectivity index (χ0) is 14.7. The van der Waals surface area contributed by atoms with Crippen molar-refractivity contribution in [2.24, 2.45) is 0 Å². The molecule has 1 aromatic carbocycles. The van der Waals surface area contributed by atoms with Crippen molar-refractivity contribution in [2.45, 2.75) is 6.92 Å². The second kappa shape index (κ2) is 5.96. The fourth-order valence-corrected chi connectivity index (χ4v) is 2.20. The van der Waals surface area contributed by atoms with Crippen LogP contribution in [0.3, 0.4) is 0 Å². The Morgan fingerprint density at radius 1 is 0.950 bits per heavy atom. The molecule has 0 bridgehead atoms. The number of ether oxygens (including phenoxy) is 3. The van der Waals surface area contributed by atoms with Gasteiger partial charge in [-0.25, -0.2) is 9.97 Å². The molecule has 2 aromatic rings. The number of methoxy groups -OCH3 is 3. The van der Waals surface area contributed by atoms with Gasteiger partial charge in [-0.15, -0.1) is 0 Å². The van der Waals surface area contributed by atoms with E-state index in [0.717, 1.165) is 11.3 Å². The summed E-state index contributed by atoms with van der Waals surface area (Å²) >= 11 is 5.91. The zero-order valence-corrected chi connectivity index (χ0v) is 12.5. The molecule has 2 rings (SSSR count). The largest absolute Gasteiger partial charge is 0.493 e. The molecule has 0 aliphatic heterocycles. The lowest BCUT2D eigenvalue weighted by molar-refractivity contribution is 0.325. The summed E-state index contributed by atoms with van der Waals surface area (Å²) in [5.41, 5.74) is 2.20. The molecule has 0 saturated carbocycles. The first kappa shape index (κ1) is 14.4. The van der Waals surface area contributed by atoms with E-state index in [1.807, 2.05) is 19.1 Å². The standard InChI is InChI=1S/C14H15ClN2O3/c1-8-7-10(17-14(15)16-8)9-5-6-11(18-2)13(20-4)12(9)19-3/h5-7H,1-4H3. The number of hydrogen-bond acceptors (Lipinski definition) is 5. The Morgan fingerprint density at radius 3 is 2.20 bits per heavy atom. The predicted octanol–water partition coefficient (Wildman–Crippen LogP) is 3.13. The van der Waals surface area contributed by atoms with Crippen molar-refractivity contribution in [2.75, 3.05) is 21.3 Å². The molecule has 20 heavy (non-hydrogen) atoms. The highest BCUT2D eigenvalue weighted by molar-refractivity contribution is 6.28. The molecule has 0 amide bonds. The Hall–Kier alpha value is -2.01. The lowest BCUT2D eigenvalue weighted by atomic mass is 10.1. The number of nitrogens with zero attached hydrogens (tertiary/aromatic N) is 2. The van der Waals surface area contributed by atoms with Crippen molar-refractivity contribution in [3.63, 3.8) is 0 Å². The van der Waals surface area contributed by atoms with Crippen molar-refractivity contribution >= 4 is 11.6 Å². The van der Waals surface area contributed by atoms with Crippen molar-refractivity contribution in [1.29, 1.82) is 0 Å².